The van der Waals surface area contributed by atoms with Crippen molar-refractivity contribution < 1.29 is 14.6 Å². The SMILES string of the molecule is CCOc1ccccc1CN1C[C@@H](CO)[C@H](C(=O)NC)C1. The zero-order chi connectivity index (χ0) is 15.2. The molecule has 2 atom stereocenters. The van der Waals surface area contributed by atoms with E-state index in [1.807, 2.05) is 31.2 Å². The second-order valence-corrected chi connectivity index (χ2v) is 5.40. The quantitative estimate of drug-likeness (QED) is 0.817. The molecule has 0 saturated carbocycles. The van der Waals surface area contributed by atoms with E-state index in [0.29, 0.717) is 13.2 Å². The smallest absolute Gasteiger partial charge is 0.224 e. The molecule has 0 aromatic heterocycles. The van der Waals surface area contributed by atoms with E-state index in [-0.39, 0.29) is 24.3 Å². The molecule has 0 aliphatic carbocycles. The Balaban J connectivity index is 2.06. The third-order valence-corrected chi connectivity index (χ3v) is 4.00. The second kappa shape index (κ2) is 7.43. The molecule has 5 nitrogen and oxygen atoms in total. The van der Waals surface area contributed by atoms with E-state index in [2.05, 4.69) is 10.2 Å². The number of nitrogens with one attached hydrogen (secondary N) is 1. The highest BCUT2D eigenvalue weighted by atomic mass is 16.5. The van der Waals surface area contributed by atoms with Gasteiger partial charge in [-0.05, 0) is 13.0 Å². The van der Waals surface area contributed by atoms with Crippen LogP contribution in [-0.2, 0) is 11.3 Å². The van der Waals surface area contributed by atoms with Gasteiger partial charge in [-0.1, -0.05) is 18.2 Å². The highest BCUT2D eigenvalue weighted by Gasteiger charge is 2.36. The van der Waals surface area contributed by atoms with Crippen LogP contribution in [0.25, 0.3) is 0 Å². The minimum absolute atomic E-state index is 0.00389. The number of likely N-dealkylation sites (tertiary alicyclic amines) is 1. The van der Waals surface area contributed by atoms with Gasteiger partial charge in [0.05, 0.1) is 12.5 Å². The Bertz CT molecular complexity index is 478. The molecule has 0 radical (unpaired) electrons. The standard InChI is InChI=1S/C16H24N2O3/c1-3-21-15-7-5-4-6-12(15)8-18-9-13(11-19)14(10-18)16(20)17-2/h4-7,13-14,19H,3,8-11H2,1-2H3,(H,17,20)/t13-,14+/m0/s1. The first-order valence-corrected chi connectivity index (χ1v) is 7.45. The number of aliphatic hydroxyl groups excluding tert-OH is 1. The Morgan fingerprint density at radius 1 is 1.43 bits per heavy atom. The fourth-order valence-electron chi connectivity index (χ4n) is 2.93. The minimum atomic E-state index is -0.140. The van der Waals surface area contributed by atoms with E-state index in [1.54, 1.807) is 7.05 Å². The average molecular weight is 292 g/mol. The summed E-state index contributed by atoms with van der Waals surface area (Å²) in [5.74, 6) is 0.766. The van der Waals surface area contributed by atoms with Crippen LogP contribution in [0.5, 0.6) is 5.75 Å². The number of aliphatic hydroxyl groups is 1. The first-order valence-electron chi connectivity index (χ1n) is 7.45. The van der Waals surface area contributed by atoms with Gasteiger partial charge in [0.15, 0.2) is 0 Å². The molecule has 1 aliphatic heterocycles. The van der Waals surface area contributed by atoms with E-state index >= 15 is 0 Å². The Hall–Kier alpha value is -1.59. The zero-order valence-corrected chi connectivity index (χ0v) is 12.7. The van der Waals surface area contributed by atoms with Gasteiger partial charge < -0.3 is 15.2 Å². The molecule has 1 aromatic rings. The molecule has 1 aromatic carbocycles. The van der Waals surface area contributed by atoms with Gasteiger partial charge >= 0.3 is 0 Å². The van der Waals surface area contributed by atoms with Crippen LogP contribution < -0.4 is 10.1 Å². The van der Waals surface area contributed by atoms with E-state index in [1.165, 1.54) is 0 Å². The van der Waals surface area contributed by atoms with Gasteiger partial charge in [0.25, 0.3) is 0 Å². The lowest BCUT2D eigenvalue weighted by Gasteiger charge is -2.18. The summed E-state index contributed by atoms with van der Waals surface area (Å²) in [4.78, 5) is 14.1. The lowest BCUT2D eigenvalue weighted by atomic mass is 9.96. The van der Waals surface area contributed by atoms with Crippen LogP contribution in [0.4, 0.5) is 0 Å². The van der Waals surface area contributed by atoms with Crippen LogP contribution in [0.2, 0.25) is 0 Å². The van der Waals surface area contributed by atoms with Crippen LogP contribution in [0.3, 0.4) is 0 Å². The van der Waals surface area contributed by atoms with Crippen molar-refractivity contribution in [2.24, 2.45) is 11.8 Å². The van der Waals surface area contributed by atoms with Gasteiger partial charge in [-0.3, -0.25) is 9.69 Å². The van der Waals surface area contributed by atoms with Crippen molar-refractivity contribution in [3.63, 3.8) is 0 Å². The summed E-state index contributed by atoms with van der Waals surface area (Å²) in [5, 5.41) is 12.2. The van der Waals surface area contributed by atoms with Crippen LogP contribution in [0.15, 0.2) is 24.3 Å². The second-order valence-electron chi connectivity index (χ2n) is 5.40. The zero-order valence-electron chi connectivity index (χ0n) is 12.7. The molecular weight excluding hydrogens is 268 g/mol. The number of carbonyl (C=O) groups is 1. The molecular formula is C16H24N2O3. The summed E-state index contributed by atoms with van der Waals surface area (Å²) in [5.41, 5.74) is 1.12. The van der Waals surface area contributed by atoms with Gasteiger partial charge in [0, 0.05) is 44.8 Å². The Kier molecular flexibility index (Phi) is 5.59. The van der Waals surface area contributed by atoms with Gasteiger partial charge in [0.1, 0.15) is 5.75 Å². The molecule has 116 valence electrons. The number of rotatable bonds is 6. The number of ether oxygens (including phenoxy) is 1. The summed E-state index contributed by atoms with van der Waals surface area (Å²) in [7, 11) is 1.64. The molecule has 0 bridgehead atoms. The predicted octanol–water partition coefficient (Wildman–Crippen LogP) is 0.872. The van der Waals surface area contributed by atoms with Crippen molar-refractivity contribution in [3.8, 4) is 5.75 Å². The summed E-state index contributed by atoms with van der Waals surface area (Å²) < 4.78 is 5.64. The number of hydrogen-bond donors (Lipinski definition) is 2. The first-order chi connectivity index (χ1) is 10.2. The molecule has 0 unspecified atom stereocenters. The number of hydrogen-bond acceptors (Lipinski definition) is 4. The lowest BCUT2D eigenvalue weighted by Crippen LogP contribution is -2.33. The van der Waals surface area contributed by atoms with Crippen molar-refractivity contribution in [1.29, 1.82) is 0 Å². The minimum Gasteiger partial charge on any atom is -0.494 e. The van der Waals surface area contributed by atoms with Crippen molar-refractivity contribution in [3.05, 3.63) is 29.8 Å². The summed E-state index contributed by atoms with van der Waals surface area (Å²) in [6.45, 7) is 4.79. The molecule has 1 saturated heterocycles. The third-order valence-electron chi connectivity index (χ3n) is 4.00. The van der Waals surface area contributed by atoms with Gasteiger partial charge in [-0.2, -0.15) is 0 Å². The number of benzene rings is 1. The highest BCUT2D eigenvalue weighted by molar-refractivity contribution is 5.79. The topological polar surface area (TPSA) is 61.8 Å². The first kappa shape index (κ1) is 15.8. The van der Waals surface area contributed by atoms with E-state index in [9.17, 15) is 9.90 Å². The highest BCUT2D eigenvalue weighted by Crippen LogP contribution is 2.27. The number of para-hydroxylation sites is 1. The van der Waals surface area contributed by atoms with Crippen molar-refractivity contribution in [2.45, 2.75) is 13.5 Å². The predicted molar refractivity (Wildman–Crippen MR) is 81.0 cm³/mol. The van der Waals surface area contributed by atoms with E-state index < -0.39 is 0 Å². The maximum atomic E-state index is 11.9. The molecule has 1 fully saturated rings. The number of carbonyl (C=O) groups excluding carboxylic acids is 1. The average Bonchev–Trinajstić information content (AvgIpc) is 2.91. The van der Waals surface area contributed by atoms with Crippen molar-refractivity contribution in [1.82, 2.24) is 10.2 Å². The van der Waals surface area contributed by atoms with E-state index in [0.717, 1.165) is 24.4 Å². The maximum absolute atomic E-state index is 11.9. The van der Waals surface area contributed by atoms with Gasteiger partial charge in [0.2, 0.25) is 5.91 Å². The lowest BCUT2D eigenvalue weighted by molar-refractivity contribution is -0.125. The molecule has 5 heteroatoms. The normalized spacial score (nSPS) is 22.2. The summed E-state index contributed by atoms with van der Waals surface area (Å²) in [6.07, 6.45) is 0. The van der Waals surface area contributed by atoms with Gasteiger partial charge in [-0.15, -0.1) is 0 Å². The van der Waals surface area contributed by atoms with Crippen LogP contribution in [0.1, 0.15) is 12.5 Å². The summed E-state index contributed by atoms with van der Waals surface area (Å²) >= 11 is 0. The molecule has 1 amide bonds. The molecule has 0 spiro atoms. The molecule has 21 heavy (non-hydrogen) atoms. The number of amides is 1. The summed E-state index contributed by atoms with van der Waals surface area (Å²) in [6, 6.07) is 7.97. The van der Waals surface area contributed by atoms with E-state index in [4.69, 9.17) is 4.74 Å². The number of nitrogens with zero attached hydrogens (tertiary/aromatic N) is 1. The molecule has 2 N–H and O–H groups in total. The Labute approximate surface area is 125 Å². The molecule has 1 heterocycles. The maximum Gasteiger partial charge on any atom is 0.224 e. The van der Waals surface area contributed by atoms with Crippen LogP contribution >= 0.6 is 0 Å². The van der Waals surface area contributed by atoms with Crippen LogP contribution in [-0.4, -0.2) is 49.3 Å². The van der Waals surface area contributed by atoms with Gasteiger partial charge in [-0.25, -0.2) is 0 Å². The van der Waals surface area contributed by atoms with Crippen LogP contribution in [0, 0.1) is 11.8 Å². The van der Waals surface area contributed by atoms with Crippen molar-refractivity contribution >= 4 is 5.91 Å². The largest absolute Gasteiger partial charge is 0.494 e. The molecule has 1 aliphatic rings. The Morgan fingerprint density at radius 2 is 2.19 bits per heavy atom. The molecule has 2 rings (SSSR count). The fraction of sp³-hybridized carbons (Fsp3) is 0.562. The Morgan fingerprint density at radius 3 is 2.86 bits per heavy atom. The third kappa shape index (κ3) is 3.74. The monoisotopic (exact) mass is 292 g/mol. The fourth-order valence-corrected chi connectivity index (χ4v) is 2.93. The van der Waals surface area contributed by atoms with Crippen molar-refractivity contribution in [2.75, 3.05) is 33.4 Å².